The van der Waals surface area contributed by atoms with Crippen molar-refractivity contribution in [1.82, 2.24) is 10.2 Å². The topological polar surface area (TPSA) is 24.5 Å². The van der Waals surface area contributed by atoms with Crippen molar-refractivity contribution in [3.05, 3.63) is 28.2 Å². The van der Waals surface area contributed by atoms with E-state index in [1.807, 2.05) is 6.07 Å². The zero-order valence-corrected chi connectivity index (χ0v) is 13.1. The molecule has 4 heteroatoms. The van der Waals surface area contributed by atoms with Crippen molar-refractivity contribution in [2.45, 2.75) is 19.5 Å². The van der Waals surface area contributed by atoms with Gasteiger partial charge >= 0.3 is 0 Å². The van der Waals surface area contributed by atoms with Crippen molar-refractivity contribution < 1.29 is 4.74 Å². The van der Waals surface area contributed by atoms with E-state index in [-0.39, 0.29) is 0 Å². The highest BCUT2D eigenvalue weighted by atomic mass is 79.9. The molecule has 2 saturated heterocycles. The molecule has 0 aromatic heterocycles. The number of benzene rings is 1. The predicted molar refractivity (Wildman–Crippen MR) is 80.4 cm³/mol. The molecule has 0 radical (unpaired) electrons. The highest BCUT2D eigenvalue weighted by Gasteiger charge is 2.41. The van der Waals surface area contributed by atoms with E-state index < -0.39 is 0 Å². The highest BCUT2D eigenvalue weighted by Crippen LogP contribution is 2.34. The summed E-state index contributed by atoms with van der Waals surface area (Å²) in [7, 11) is 1.70. The van der Waals surface area contributed by atoms with Crippen LogP contribution in [0.2, 0.25) is 0 Å². The number of halogens is 1. The molecule has 3 nitrogen and oxygen atoms in total. The Kier molecular flexibility index (Phi) is 3.83. The molecule has 0 bridgehead atoms. The molecule has 2 fully saturated rings. The van der Waals surface area contributed by atoms with E-state index in [1.54, 1.807) is 7.11 Å². The first-order valence-corrected chi connectivity index (χ1v) is 7.75. The SMILES string of the molecule is COc1ccc(CN2CC3CNCC3C2C)cc1Br. The molecule has 1 aromatic carbocycles. The van der Waals surface area contributed by atoms with Gasteiger partial charge in [0, 0.05) is 19.1 Å². The van der Waals surface area contributed by atoms with Gasteiger partial charge in [-0.2, -0.15) is 0 Å². The summed E-state index contributed by atoms with van der Waals surface area (Å²) in [4.78, 5) is 2.62. The van der Waals surface area contributed by atoms with Crippen LogP contribution in [0.1, 0.15) is 12.5 Å². The third kappa shape index (κ3) is 2.54. The molecule has 3 atom stereocenters. The van der Waals surface area contributed by atoms with E-state index in [2.05, 4.69) is 45.2 Å². The van der Waals surface area contributed by atoms with Gasteiger partial charge in [0.2, 0.25) is 0 Å². The van der Waals surface area contributed by atoms with Gasteiger partial charge in [0.15, 0.2) is 0 Å². The van der Waals surface area contributed by atoms with E-state index >= 15 is 0 Å². The first-order chi connectivity index (χ1) is 9.19. The number of ether oxygens (including phenoxy) is 1. The molecule has 0 amide bonds. The van der Waals surface area contributed by atoms with E-state index in [0.29, 0.717) is 6.04 Å². The Labute approximate surface area is 123 Å². The summed E-state index contributed by atoms with van der Waals surface area (Å²) in [6.45, 7) is 7.02. The Morgan fingerprint density at radius 2 is 2.26 bits per heavy atom. The Hall–Kier alpha value is -0.580. The van der Waals surface area contributed by atoms with Crippen molar-refractivity contribution in [3.63, 3.8) is 0 Å². The van der Waals surface area contributed by atoms with Gasteiger partial charge in [0.25, 0.3) is 0 Å². The number of nitrogens with one attached hydrogen (secondary N) is 1. The molecular weight excluding hydrogens is 304 g/mol. The molecule has 0 aliphatic carbocycles. The van der Waals surface area contributed by atoms with Gasteiger partial charge in [-0.25, -0.2) is 0 Å². The van der Waals surface area contributed by atoms with E-state index in [9.17, 15) is 0 Å². The minimum Gasteiger partial charge on any atom is -0.496 e. The van der Waals surface area contributed by atoms with Crippen LogP contribution in [-0.2, 0) is 6.54 Å². The lowest BCUT2D eigenvalue weighted by molar-refractivity contribution is 0.231. The van der Waals surface area contributed by atoms with Crippen LogP contribution in [0, 0.1) is 11.8 Å². The van der Waals surface area contributed by atoms with Gasteiger partial charge < -0.3 is 10.1 Å². The van der Waals surface area contributed by atoms with E-state index in [4.69, 9.17) is 4.74 Å². The lowest BCUT2D eigenvalue weighted by atomic mass is 9.95. The second-order valence-electron chi connectivity index (χ2n) is 5.72. The zero-order chi connectivity index (χ0) is 13.4. The summed E-state index contributed by atoms with van der Waals surface area (Å²) < 4.78 is 6.33. The molecule has 0 spiro atoms. The number of hydrogen-bond acceptors (Lipinski definition) is 3. The second-order valence-corrected chi connectivity index (χ2v) is 6.58. The first-order valence-electron chi connectivity index (χ1n) is 6.96. The second kappa shape index (κ2) is 5.43. The number of hydrogen-bond donors (Lipinski definition) is 1. The van der Waals surface area contributed by atoms with Crippen molar-refractivity contribution >= 4 is 15.9 Å². The molecule has 2 heterocycles. The standard InChI is InChI=1S/C15H21BrN2O/c1-10-13-7-17-6-12(13)9-18(10)8-11-3-4-15(19-2)14(16)5-11/h3-5,10,12-13,17H,6-9H2,1-2H3. The van der Waals surface area contributed by atoms with Gasteiger partial charge in [0.05, 0.1) is 11.6 Å². The van der Waals surface area contributed by atoms with Crippen molar-refractivity contribution in [2.75, 3.05) is 26.7 Å². The average molecular weight is 325 g/mol. The third-order valence-electron chi connectivity index (χ3n) is 4.66. The van der Waals surface area contributed by atoms with Gasteiger partial charge in [-0.3, -0.25) is 4.90 Å². The maximum absolute atomic E-state index is 5.28. The minimum atomic E-state index is 0.681. The van der Waals surface area contributed by atoms with Gasteiger partial charge in [-0.1, -0.05) is 6.07 Å². The fourth-order valence-corrected chi connectivity index (χ4v) is 4.10. The largest absolute Gasteiger partial charge is 0.496 e. The Bertz CT molecular complexity index is 465. The summed E-state index contributed by atoms with van der Waals surface area (Å²) in [5.41, 5.74) is 1.35. The van der Waals surface area contributed by atoms with Gasteiger partial charge in [0.1, 0.15) is 5.75 Å². The van der Waals surface area contributed by atoms with E-state index in [0.717, 1.165) is 28.6 Å². The van der Waals surface area contributed by atoms with Crippen molar-refractivity contribution in [2.24, 2.45) is 11.8 Å². The highest BCUT2D eigenvalue weighted by molar-refractivity contribution is 9.10. The van der Waals surface area contributed by atoms with Crippen LogP contribution >= 0.6 is 15.9 Å². The molecule has 0 saturated carbocycles. The number of nitrogens with zero attached hydrogens (tertiary/aromatic N) is 1. The lowest BCUT2D eigenvalue weighted by Gasteiger charge is -2.24. The third-order valence-corrected chi connectivity index (χ3v) is 5.28. The van der Waals surface area contributed by atoms with Crippen LogP contribution in [0.3, 0.4) is 0 Å². The van der Waals surface area contributed by atoms with Crippen molar-refractivity contribution in [1.29, 1.82) is 0 Å². The monoisotopic (exact) mass is 324 g/mol. The molecule has 19 heavy (non-hydrogen) atoms. The van der Waals surface area contributed by atoms with Gasteiger partial charge in [-0.05, 0) is 65.5 Å². The fraction of sp³-hybridized carbons (Fsp3) is 0.600. The fourth-order valence-electron chi connectivity index (χ4n) is 3.51. The summed E-state index contributed by atoms with van der Waals surface area (Å²) in [5.74, 6) is 2.58. The molecule has 2 aliphatic heterocycles. The molecular formula is C15H21BrN2O. The van der Waals surface area contributed by atoms with Crippen LogP contribution in [-0.4, -0.2) is 37.7 Å². The minimum absolute atomic E-state index is 0.681. The quantitative estimate of drug-likeness (QED) is 0.924. The molecule has 1 aromatic rings. The van der Waals surface area contributed by atoms with E-state index in [1.165, 1.54) is 25.2 Å². The maximum atomic E-state index is 5.28. The van der Waals surface area contributed by atoms with Crippen LogP contribution in [0.25, 0.3) is 0 Å². The number of fused-ring (bicyclic) bond motifs is 1. The lowest BCUT2D eigenvalue weighted by Crippen LogP contribution is -2.32. The normalized spacial score (nSPS) is 30.6. The summed E-state index contributed by atoms with van der Waals surface area (Å²) >= 11 is 3.57. The first kappa shape index (κ1) is 13.4. The Morgan fingerprint density at radius 1 is 1.42 bits per heavy atom. The molecule has 104 valence electrons. The smallest absolute Gasteiger partial charge is 0.133 e. The number of rotatable bonds is 3. The van der Waals surface area contributed by atoms with Crippen LogP contribution in [0.5, 0.6) is 5.75 Å². The van der Waals surface area contributed by atoms with Gasteiger partial charge in [-0.15, -0.1) is 0 Å². The summed E-state index contributed by atoms with van der Waals surface area (Å²) in [6.07, 6.45) is 0. The summed E-state index contributed by atoms with van der Waals surface area (Å²) in [5, 5.41) is 3.51. The van der Waals surface area contributed by atoms with Crippen LogP contribution in [0.4, 0.5) is 0 Å². The van der Waals surface area contributed by atoms with Crippen LogP contribution < -0.4 is 10.1 Å². The Balaban J connectivity index is 1.70. The number of methoxy groups -OCH3 is 1. The molecule has 3 unspecified atom stereocenters. The zero-order valence-electron chi connectivity index (χ0n) is 11.5. The van der Waals surface area contributed by atoms with Crippen molar-refractivity contribution in [3.8, 4) is 5.75 Å². The summed E-state index contributed by atoms with van der Waals surface area (Å²) in [6, 6.07) is 7.07. The number of likely N-dealkylation sites (tertiary alicyclic amines) is 1. The molecule has 1 N–H and O–H groups in total. The van der Waals surface area contributed by atoms with Crippen LogP contribution in [0.15, 0.2) is 22.7 Å². The molecule has 2 aliphatic rings. The average Bonchev–Trinajstić information content (AvgIpc) is 2.95. The molecule has 3 rings (SSSR count). The predicted octanol–water partition coefficient (Wildman–Crippen LogP) is 2.50. The maximum Gasteiger partial charge on any atom is 0.133 e. The Morgan fingerprint density at radius 3 is 2.95 bits per heavy atom.